The fourth-order valence-corrected chi connectivity index (χ4v) is 1.53. The number of carbonyl (C=O) groups is 2. The van der Waals surface area contributed by atoms with Gasteiger partial charge in [0.05, 0.1) is 21.3 Å². The zero-order valence-corrected chi connectivity index (χ0v) is 11.8. The van der Waals surface area contributed by atoms with E-state index >= 15 is 0 Å². The second-order valence-electron chi connectivity index (χ2n) is 3.83. The van der Waals surface area contributed by atoms with Crippen molar-refractivity contribution >= 4 is 40.8 Å². The molecule has 1 aromatic rings. The third kappa shape index (κ3) is 5.68. The van der Waals surface area contributed by atoms with Gasteiger partial charge < -0.3 is 15.8 Å². The molecule has 10 heteroatoms. The zero-order chi connectivity index (χ0) is 16.2. The highest BCUT2D eigenvalue weighted by molar-refractivity contribution is 6.43. The maximum atomic E-state index is 11.8. The number of nitrogens with two attached hydrogens (primary N) is 1. The fraction of sp³-hybridized carbons (Fsp3) is 0.273. The second-order valence-corrected chi connectivity index (χ2v) is 4.61. The normalized spacial score (nSPS) is 11.1. The molecule has 1 aromatic carbocycles. The van der Waals surface area contributed by atoms with Gasteiger partial charge in [-0.3, -0.25) is 4.79 Å². The number of esters is 1. The Hall–Kier alpha value is -1.67. The van der Waals surface area contributed by atoms with Crippen molar-refractivity contribution in [2.75, 3.05) is 18.9 Å². The van der Waals surface area contributed by atoms with Gasteiger partial charge in [-0.15, -0.1) is 0 Å². The molecule has 1 amide bonds. The number of nitrogens with one attached hydrogen (secondary N) is 1. The number of hydrogen-bond donors (Lipinski definition) is 2. The van der Waals surface area contributed by atoms with E-state index in [1.165, 1.54) is 6.07 Å². The number of carbonyl (C=O) groups excluding carboxylic acids is 2. The number of halogens is 5. The lowest BCUT2D eigenvalue weighted by molar-refractivity contribution is -0.140. The zero-order valence-electron chi connectivity index (χ0n) is 10.3. The summed E-state index contributed by atoms with van der Waals surface area (Å²) in [6, 6.07) is 2.33. The van der Waals surface area contributed by atoms with Crippen molar-refractivity contribution in [3.05, 3.63) is 27.7 Å². The van der Waals surface area contributed by atoms with Crippen LogP contribution in [-0.2, 0) is 9.53 Å². The Kier molecular flexibility index (Phi) is 5.68. The Morgan fingerprint density at radius 1 is 1.29 bits per heavy atom. The van der Waals surface area contributed by atoms with Gasteiger partial charge >= 0.3 is 12.1 Å². The molecule has 0 saturated carbocycles. The van der Waals surface area contributed by atoms with Crippen molar-refractivity contribution in [3.8, 4) is 0 Å². The average molecular weight is 345 g/mol. The Morgan fingerprint density at radius 3 is 2.43 bits per heavy atom. The van der Waals surface area contributed by atoms with Gasteiger partial charge in [0.2, 0.25) is 0 Å². The molecule has 0 fully saturated rings. The molecule has 0 bridgehead atoms. The summed E-state index contributed by atoms with van der Waals surface area (Å²) in [6.45, 7) is -2.38. The monoisotopic (exact) mass is 344 g/mol. The van der Waals surface area contributed by atoms with Crippen LogP contribution in [0.3, 0.4) is 0 Å². The van der Waals surface area contributed by atoms with E-state index in [1.54, 1.807) is 5.32 Å². The van der Waals surface area contributed by atoms with Crippen LogP contribution >= 0.6 is 23.2 Å². The Bertz CT molecular complexity index is 541. The molecule has 0 radical (unpaired) electrons. The van der Waals surface area contributed by atoms with Gasteiger partial charge in [-0.25, -0.2) is 4.79 Å². The summed E-state index contributed by atoms with van der Waals surface area (Å²) in [5.41, 5.74) is 5.43. The lowest BCUT2D eigenvalue weighted by atomic mass is 10.2. The molecule has 116 valence electrons. The number of amides is 1. The van der Waals surface area contributed by atoms with E-state index in [0.29, 0.717) is 0 Å². The van der Waals surface area contributed by atoms with Crippen LogP contribution in [0.5, 0.6) is 0 Å². The number of benzene rings is 1. The minimum Gasteiger partial charge on any atom is -0.452 e. The third-order valence-electron chi connectivity index (χ3n) is 2.11. The highest BCUT2D eigenvalue weighted by Gasteiger charge is 2.27. The Balaban J connectivity index is 2.57. The van der Waals surface area contributed by atoms with E-state index < -0.39 is 31.2 Å². The van der Waals surface area contributed by atoms with Crippen molar-refractivity contribution in [2.24, 2.45) is 0 Å². The predicted octanol–water partition coefficient (Wildman–Crippen LogP) is 2.41. The van der Waals surface area contributed by atoms with Crippen LogP contribution in [0, 0.1) is 0 Å². The highest BCUT2D eigenvalue weighted by atomic mass is 35.5. The topological polar surface area (TPSA) is 81.4 Å². The second kappa shape index (κ2) is 6.86. The molecule has 21 heavy (non-hydrogen) atoms. The molecule has 1 rings (SSSR count). The van der Waals surface area contributed by atoms with Gasteiger partial charge in [0, 0.05) is 0 Å². The molecule has 0 unspecified atom stereocenters. The molecule has 0 aliphatic carbocycles. The van der Waals surface area contributed by atoms with Crippen molar-refractivity contribution in [3.63, 3.8) is 0 Å². The molecule has 0 atom stereocenters. The van der Waals surface area contributed by atoms with E-state index in [0.717, 1.165) is 6.07 Å². The number of nitrogen functional groups attached to an aromatic ring is 1. The molecule has 0 aliphatic rings. The van der Waals surface area contributed by atoms with Gasteiger partial charge in [-0.1, -0.05) is 23.2 Å². The van der Waals surface area contributed by atoms with E-state index in [9.17, 15) is 22.8 Å². The molecule has 0 saturated heterocycles. The molecule has 0 aromatic heterocycles. The van der Waals surface area contributed by atoms with Crippen LogP contribution in [-0.4, -0.2) is 31.2 Å². The maximum Gasteiger partial charge on any atom is 0.405 e. The summed E-state index contributed by atoms with van der Waals surface area (Å²) in [6.07, 6.45) is -4.54. The first-order valence-corrected chi connectivity index (χ1v) is 6.11. The maximum absolute atomic E-state index is 11.8. The molecule has 0 heterocycles. The van der Waals surface area contributed by atoms with Gasteiger partial charge in [-0.05, 0) is 12.1 Å². The van der Waals surface area contributed by atoms with Gasteiger partial charge in [0.1, 0.15) is 6.54 Å². The van der Waals surface area contributed by atoms with E-state index in [4.69, 9.17) is 28.9 Å². The third-order valence-corrected chi connectivity index (χ3v) is 2.93. The van der Waals surface area contributed by atoms with E-state index in [1.807, 2.05) is 0 Å². The molecule has 0 aliphatic heterocycles. The first-order chi connectivity index (χ1) is 9.60. The van der Waals surface area contributed by atoms with Crippen molar-refractivity contribution in [1.82, 2.24) is 5.32 Å². The number of alkyl halides is 3. The van der Waals surface area contributed by atoms with Crippen LogP contribution < -0.4 is 11.1 Å². The van der Waals surface area contributed by atoms with Crippen molar-refractivity contribution in [2.45, 2.75) is 6.18 Å². The first kappa shape index (κ1) is 17.4. The van der Waals surface area contributed by atoms with Crippen molar-refractivity contribution in [1.29, 1.82) is 0 Å². The summed E-state index contributed by atoms with van der Waals surface area (Å²) in [7, 11) is 0. The minimum atomic E-state index is -4.54. The quantitative estimate of drug-likeness (QED) is 0.649. The summed E-state index contributed by atoms with van der Waals surface area (Å²) in [4.78, 5) is 22.6. The molecular formula is C11H9Cl2F3N2O3. The number of rotatable bonds is 4. The summed E-state index contributed by atoms with van der Waals surface area (Å²) < 4.78 is 40.1. The lowest BCUT2D eigenvalue weighted by Gasteiger charge is -2.09. The predicted molar refractivity (Wildman–Crippen MR) is 70.2 cm³/mol. The van der Waals surface area contributed by atoms with Crippen LogP contribution in [0.2, 0.25) is 10.0 Å². The van der Waals surface area contributed by atoms with E-state index in [-0.39, 0.29) is 21.3 Å². The summed E-state index contributed by atoms with van der Waals surface area (Å²) >= 11 is 11.4. The standard InChI is InChI=1S/C11H9Cl2F3N2O3/c12-6-1-5(2-7(17)9(6)13)10(20)21-3-8(19)18-4-11(14,15)16/h1-2H,3-4,17H2,(H,18,19). The van der Waals surface area contributed by atoms with Crippen LogP contribution in [0.1, 0.15) is 10.4 Å². The largest absolute Gasteiger partial charge is 0.452 e. The minimum absolute atomic E-state index is 0.00476. The molecular weight excluding hydrogens is 336 g/mol. The Morgan fingerprint density at radius 2 is 1.90 bits per heavy atom. The van der Waals surface area contributed by atoms with Crippen LogP contribution in [0.25, 0.3) is 0 Å². The smallest absolute Gasteiger partial charge is 0.405 e. The number of anilines is 1. The SMILES string of the molecule is Nc1cc(C(=O)OCC(=O)NCC(F)(F)F)cc(Cl)c1Cl. The van der Waals surface area contributed by atoms with Crippen LogP contribution in [0.15, 0.2) is 12.1 Å². The summed E-state index contributed by atoms with van der Waals surface area (Å²) in [5.74, 6) is -2.06. The number of hydrogen-bond acceptors (Lipinski definition) is 4. The summed E-state index contributed by atoms with van der Waals surface area (Å²) in [5, 5.41) is 1.61. The molecule has 5 nitrogen and oxygen atoms in total. The van der Waals surface area contributed by atoms with E-state index in [2.05, 4.69) is 4.74 Å². The number of ether oxygens (including phenoxy) is 1. The average Bonchev–Trinajstić information content (AvgIpc) is 2.38. The van der Waals surface area contributed by atoms with Gasteiger partial charge in [0.15, 0.2) is 6.61 Å². The first-order valence-electron chi connectivity index (χ1n) is 5.35. The molecule has 3 N–H and O–H groups in total. The molecule has 0 spiro atoms. The van der Waals surface area contributed by atoms with Gasteiger partial charge in [-0.2, -0.15) is 13.2 Å². The highest BCUT2D eigenvalue weighted by Crippen LogP contribution is 2.29. The van der Waals surface area contributed by atoms with Crippen molar-refractivity contribution < 1.29 is 27.5 Å². The van der Waals surface area contributed by atoms with Crippen LogP contribution in [0.4, 0.5) is 18.9 Å². The lowest BCUT2D eigenvalue weighted by Crippen LogP contribution is -2.36. The Labute approximate surface area is 127 Å². The van der Waals surface area contributed by atoms with Gasteiger partial charge in [0.25, 0.3) is 5.91 Å². The fourth-order valence-electron chi connectivity index (χ4n) is 1.19.